The van der Waals surface area contributed by atoms with Crippen molar-refractivity contribution in [3.05, 3.63) is 24.4 Å². The van der Waals surface area contributed by atoms with Crippen LogP contribution in [0.25, 0.3) is 0 Å². The van der Waals surface area contributed by atoms with E-state index in [9.17, 15) is 0 Å². The molecule has 0 aliphatic rings. The summed E-state index contributed by atoms with van der Waals surface area (Å²) in [6.07, 6.45) is 1.68. The standard InChI is InChI=1S/C8H11N2/c1-3-10(2)8-6-4-5-7-9-8/h4,6-7H,3H2,1-2H3. The molecule has 1 heterocycles. The third kappa shape index (κ3) is 1.47. The van der Waals surface area contributed by atoms with Crippen LogP contribution >= 0.6 is 0 Å². The Bertz CT molecular complexity index is 184. The first-order valence-electron chi connectivity index (χ1n) is 3.38. The number of rotatable bonds is 2. The molecule has 10 heavy (non-hydrogen) atoms. The molecule has 0 aliphatic heterocycles. The lowest BCUT2D eigenvalue weighted by Gasteiger charge is -2.13. The highest BCUT2D eigenvalue weighted by Gasteiger charge is 1.94. The molecule has 1 radical (unpaired) electrons. The molecule has 2 heteroatoms. The molecule has 0 atom stereocenters. The summed E-state index contributed by atoms with van der Waals surface area (Å²) in [5, 5.41) is 0. The fourth-order valence-corrected chi connectivity index (χ4v) is 0.700. The zero-order chi connectivity index (χ0) is 7.40. The summed E-state index contributed by atoms with van der Waals surface area (Å²) >= 11 is 0. The van der Waals surface area contributed by atoms with Crippen molar-refractivity contribution in [1.82, 2.24) is 4.98 Å². The topological polar surface area (TPSA) is 16.1 Å². The normalized spacial score (nSPS) is 9.40. The molecule has 1 aromatic rings. The van der Waals surface area contributed by atoms with E-state index in [0.29, 0.717) is 0 Å². The minimum atomic E-state index is 0.983. The Morgan fingerprint density at radius 2 is 2.50 bits per heavy atom. The van der Waals surface area contributed by atoms with Crippen LogP contribution in [0, 0.1) is 6.07 Å². The van der Waals surface area contributed by atoms with Crippen LogP contribution in [-0.2, 0) is 0 Å². The molecule has 0 aliphatic carbocycles. The monoisotopic (exact) mass is 135 g/mol. The van der Waals surface area contributed by atoms with Gasteiger partial charge >= 0.3 is 0 Å². The van der Waals surface area contributed by atoms with Gasteiger partial charge in [-0.2, -0.15) is 0 Å². The van der Waals surface area contributed by atoms with E-state index >= 15 is 0 Å². The molecule has 0 amide bonds. The quantitative estimate of drug-likeness (QED) is 0.608. The van der Waals surface area contributed by atoms with Gasteiger partial charge in [0.2, 0.25) is 0 Å². The molecular formula is C8H11N2. The van der Waals surface area contributed by atoms with Gasteiger partial charge < -0.3 is 4.90 Å². The van der Waals surface area contributed by atoms with Crippen molar-refractivity contribution in [1.29, 1.82) is 0 Å². The lowest BCUT2D eigenvalue weighted by atomic mass is 10.4. The molecule has 0 bridgehead atoms. The number of hydrogen-bond acceptors (Lipinski definition) is 2. The first kappa shape index (κ1) is 7.06. The Hall–Kier alpha value is -1.05. The van der Waals surface area contributed by atoms with Crippen molar-refractivity contribution >= 4 is 5.82 Å². The summed E-state index contributed by atoms with van der Waals surface area (Å²) in [7, 11) is 2.02. The molecule has 0 fully saturated rings. The Morgan fingerprint density at radius 1 is 1.70 bits per heavy atom. The highest BCUT2D eigenvalue weighted by Crippen LogP contribution is 2.04. The van der Waals surface area contributed by atoms with Gasteiger partial charge in [0.25, 0.3) is 0 Å². The van der Waals surface area contributed by atoms with Crippen molar-refractivity contribution in [3.8, 4) is 0 Å². The molecule has 0 saturated heterocycles. The number of nitrogens with zero attached hydrogens (tertiary/aromatic N) is 2. The van der Waals surface area contributed by atoms with Crippen molar-refractivity contribution in [2.24, 2.45) is 0 Å². The lowest BCUT2D eigenvalue weighted by molar-refractivity contribution is 0.938. The van der Waals surface area contributed by atoms with Gasteiger partial charge in [-0.3, -0.25) is 0 Å². The van der Waals surface area contributed by atoms with Crippen LogP contribution in [-0.4, -0.2) is 18.6 Å². The summed E-state index contributed by atoms with van der Waals surface area (Å²) in [5.74, 6) is 1.00. The molecule has 2 nitrogen and oxygen atoms in total. The van der Waals surface area contributed by atoms with E-state index in [0.717, 1.165) is 12.4 Å². The number of hydrogen-bond donors (Lipinski definition) is 0. The van der Waals surface area contributed by atoms with Gasteiger partial charge in [-0.15, -0.1) is 0 Å². The van der Waals surface area contributed by atoms with Crippen LogP contribution in [0.5, 0.6) is 0 Å². The maximum atomic E-state index is 4.12. The molecule has 0 N–H and O–H groups in total. The van der Waals surface area contributed by atoms with Crippen LogP contribution in [0.2, 0.25) is 0 Å². The maximum absolute atomic E-state index is 4.12. The summed E-state index contributed by atoms with van der Waals surface area (Å²) < 4.78 is 0. The van der Waals surface area contributed by atoms with E-state index in [-0.39, 0.29) is 0 Å². The fourth-order valence-electron chi connectivity index (χ4n) is 0.700. The van der Waals surface area contributed by atoms with Crippen molar-refractivity contribution in [2.45, 2.75) is 6.92 Å². The second kappa shape index (κ2) is 3.20. The second-order valence-corrected chi connectivity index (χ2v) is 2.13. The summed E-state index contributed by atoms with van der Waals surface area (Å²) in [6, 6.07) is 6.69. The van der Waals surface area contributed by atoms with Crippen LogP contribution in [0.3, 0.4) is 0 Å². The second-order valence-electron chi connectivity index (χ2n) is 2.13. The first-order chi connectivity index (χ1) is 4.84. The predicted molar refractivity (Wildman–Crippen MR) is 42.0 cm³/mol. The maximum Gasteiger partial charge on any atom is 0.128 e. The largest absolute Gasteiger partial charge is 0.360 e. The molecule has 0 spiro atoms. The number of aromatic nitrogens is 1. The van der Waals surface area contributed by atoms with Crippen molar-refractivity contribution < 1.29 is 0 Å². The SMILES string of the molecule is CCN(C)c1cc[c]cn1. The Kier molecular flexibility index (Phi) is 2.26. The van der Waals surface area contributed by atoms with Gasteiger partial charge in [0, 0.05) is 25.9 Å². The fraction of sp³-hybridized carbons (Fsp3) is 0.375. The van der Waals surface area contributed by atoms with E-state index in [4.69, 9.17) is 0 Å². The van der Waals surface area contributed by atoms with Gasteiger partial charge in [-0.1, -0.05) is 0 Å². The van der Waals surface area contributed by atoms with E-state index in [1.807, 2.05) is 19.2 Å². The molecule has 1 aromatic heterocycles. The summed E-state index contributed by atoms with van der Waals surface area (Å²) in [6.45, 7) is 3.08. The van der Waals surface area contributed by atoms with Crippen molar-refractivity contribution in [2.75, 3.05) is 18.5 Å². The van der Waals surface area contributed by atoms with Crippen LogP contribution in [0.1, 0.15) is 6.92 Å². The Balaban J connectivity index is 2.75. The van der Waals surface area contributed by atoms with E-state index < -0.39 is 0 Å². The van der Waals surface area contributed by atoms with Crippen molar-refractivity contribution in [3.63, 3.8) is 0 Å². The van der Waals surface area contributed by atoms with E-state index in [1.54, 1.807) is 6.20 Å². The molecular weight excluding hydrogens is 124 g/mol. The van der Waals surface area contributed by atoms with Crippen LogP contribution in [0.4, 0.5) is 5.82 Å². The average Bonchev–Trinajstić information content (AvgIpc) is 2.05. The Labute approximate surface area is 61.5 Å². The molecule has 0 aromatic carbocycles. The average molecular weight is 135 g/mol. The molecule has 0 saturated carbocycles. The Morgan fingerprint density at radius 3 is 3.00 bits per heavy atom. The first-order valence-corrected chi connectivity index (χ1v) is 3.38. The zero-order valence-electron chi connectivity index (χ0n) is 6.33. The van der Waals surface area contributed by atoms with E-state index in [2.05, 4.69) is 22.9 Å². The van der Waals surface area contributed by atoms with Crippen LogP contribution < -0.4 is 4.90 Å². The summed E-state index contributed by atoms with van der Waals surface area (Å²) in [4.78, 5) is 6.20. The summed E-state index contributed by atoms with van der Waals surface area (Å²) in [5.41, 5.74) is 0. The third-order valence-electron chi connectivity index (χ3n) is 1.47. The van der Waals surface area contributed by atoms with Gasteiger partial charge in [0.1, 0.15) is 5.82 Å². The minimum Gasteiger partial charge on any atom is -0.360 e. The smallest absolute Gasteiger partial charge is 0.128 e. The van der Waals surface area contributed by atoms with Gasteiger partial charge in [0.15, 0.2) is 0 Å². The highest BCUT2D eigenvalue weighted by molar-refractivity contribution is 5.35. The molecule has 0 unspecified atom stereocenters. The van der Waals surface area contributed by atoms with Gasteiger partial charge in [-0.25, -0.2) is 4.98 Å². The lowest BCUT2D eigenvalue weighted by Crippen LogP contribution is -2.16. The predicted octanol–water partition coefficient (Wildman–Crippen LogP) is 1.34. The molecule has 1 rings (SSSR count). The third-order valence-corrected chi connectivity index (χ3v) is 1.47. The van der Waals surface area contributed by atoms with Crippen LogP contribution in [0.15, 0.2) is 18.3 Å². The number of pyridine rings is 1. The van der Waals surface area contributed by atoms with E-state index in [1.165, 1.54) is 0 Å². The molecule has 53 valence electrons. The van der Waals surface area contributed by atoms with Gasteiger partial charge in [-0.05, 0) is 19.1 Å². The highest BCUT2D eigenvalue weighted by atomic mass is 15.1. The zero-order valence-corrected chi connectivity index (χ0v) is 6.33. The number of anilines is 1. The minimum absolute atomic E-state index is 0.983. The van der Waals surface area contributed by atoms with Gasteiger partial charge in [0.05, 0.1) is 0 Å².